The average Bonchev–Trinajstić information content (AvgIpc) is 3.13. The van der Waals surface area contributed by atoms with E-state index in [0.29, 0.717) is 43.2 Å². The highest BCUT2D eigenvalue weighted by Gasteiger charge is 2.13. The molecule has 4 rings (SSSR count). The van der Waals surface area contributed by atoms with Gasteiger partial charge >= 0.3 is 0 Å². The molecule has 2 heterocycles. The zero-order valence-corrected chi connectivity index (χ0v) is 16.3. The number of nitrogens with one attached hydrogen (secondary N) is 2. The molecule has 28 heavy (non-hydrogen) atoms. The first-order valence-corrected chi connectivity index (χ1v) is 9.12. The monoisotopic (exact) mass is 432 g/mol. The van der Waals surface area contributed by atoms with Gasteiger partial charge in [-0.15, -0.1) is 0 Å². The third kappa shape index (κ3) is 3.60. The number of hydrogen-bond donors (Lipinski definition) is 2. The van der Waals surface area contributed by atoms with Gasteiger partial charge < -0.3 is 0 Å². The first-order chi connectivity index (χ1) is 13.5. The van der Waals surface area contributed by atoms with Crippen LogP contribution < -0.4 is 10.9 Å². The molecule has 0 radical (unpaired) electrons. The van der Waals surface area contributed by atoms with Crippen molar-refractivity contribution in [3.05, 3.63) is 75.6 Å². The summed E-state index contributed by atoms with van der Waals surface area (Å²) in [7, 11) is 0. The molecule has 2 N–H and O–H groups in total. The Balaban J connectivity index is 1.60. The summed E-state index contributed by atoms with van der Waals surface area (Å²) < 4.78 is 1.60. The number of anilines is 1. The van der Waals surface area contributed by atoms with Gasteiger partial charge in [-0.25, -0.2) is 14.6 Å². The standard InChI is InChI=1S/C18H11Cl3N6O/c19-11-3-1-10(2-4-11)18(28)26-25-16-13-8-24-27(17(13)23-9-22-16)12-5-6-14(20)15(21)7-12/h1-9H,(H,26,28)(H,22,23,25). The number of benzene rings is 2. The highest BCUT2D eigenvalue weighted by atomic mass is 35.5. The second kappa shape index (κ2) is 7.63. The number of amides is 1. The molecule has 0 saturated heterocycles. The number of hydrazine groups is 1. The van der Waals surface area contributed by atoms with Crippen molar-refractivity contribution in [2.24, 2.45) is 0 Å². The molecule has 2 aromatic carbocycles. The molecule has 0 bridgehead atoms. The Labute approximate surface area is 174 Å². The Kier molecular flexibility index (Phi) is 5.04. The van der Waals surface area contributed by atoms with Gasteiger partial charge in [-0.1, -0.05) is 34.8 Å². The Morgan fingerprint density at radius 3 is 2.50 bits per heavy atom. The first-order valence-electron chi connectivity index (χ1n) is 7.99. The lowest BCUT2D eigenvalue weighted by molar-refractivity contribution is 0.0962. The van der Waals surface area contributed by atoms with Crippen LogP contribution in [0.4, 0.5) is 5.82 Å². The molecule has 0 aliphatic carbocycles. The smallest absolute Gasteiger partial charge is 0.269 e. The summed E-state index contributed by atoms with van der Waals surface area (Å²) in [6.07, 6.45) is 2.96. The summed E-state index contributed by atoms with van der Waals surface area (Å²) in [6.45, 7) is 0. The summed E-state index contributed by atoms with van der Waals surface area (Å²) in [5.41, 5.74) is 7.08. The van der Waals surface area contributed by atoms with Crippen molar-refractivity contribution in [1.82, 2.24) is 25.2 Å². The minimum atomic E-state index is -0.333. The Hall–Kier alpha value is -2.87. The van der Waals surface area contributed by atoms with Crippen LogP contribution in [0.1, 0.15) is 10.4 Å². The van der Waals surface area contributed by atoms with Gasteiger partial charge in [0.05, 0.1) is 27.3 Å². The van der Waals surface area contributed by atoms with Crippen molar-refractivity contribution < 1.29 is 4.79 Å². The molecule has 0 unspecified atom stereocenters. The second-order valence-corrected chi connectivity index (χ2v) is 6.95. The number of fused-ring (bicyclic) bond motifs is 1. The lowest BCUT2D eigenvalue weighted by Gasteiger charge is -2.09. The highest BCUT2D eigenvalue weighted by molar-refractivity contribution is 6.42. The van der Waals surface area contributed by atoms with E-state index in [0.717, 1.165) is 0 Å². The van der Waals surface area contributed by atoms with E-state index in [1.54, 1.807) is 53.3 Å². The van der Waals surface area contributed by atoms with E-state index in [4.69, 9.17) is 34.8 Å². The van der Waals surface area contributed by atoms with Crippen LogP contribution in [0.3, 0.4) is 0 Å². The first kappa shape index (κ1) is 18.5. The van der Waals surface area contributed by atoms with Gasteiger partial charge in [-0.3, -0.25) is 15.6 Å². The number of hydrogen-bond acceptors (Lipinski definition) is 5. The Morgan fingerprint density at radius 1 is 0.964 bits per heavy atom. The average molecular weight is 434 g/mol. The normalized spacial score (nSPS) is 10.8. The molecule has 0 aliphatic rings. The fourth-order valence-corrected chi connectivity index (χ4v) is 2.96. The van der Waals surface area contributed by atoms with Gasteiger partial charge in [0.25, 0.3) is 5.91 Å². The van der Waals surface area contributed by atoms with E-state index in [-0.39, 0.29) is 5.91 Å². The van der Waals surface area contributed by atoms with E-state index in [9.17, 15) is 4.79 Å². The molecule has 0 saturated carbocycles. The molecule has 0 aliphatic heterocycles. The van der Waals surface area contributed by atoms with E-state index in [1.807, 2.05) is 0 Å². The van der Waals surface area contributed by atoms with Crippen molar-refractivity contribution in [2.75, 3.05) is 5.43 Å². The minimum Gasteiger partial charge on any atom is -0.281 e. The Bertz CT molecular complexity index is 1180. The van der Waals surface area contributed by atoms with Gasteiger partial charge in [0, 0.05) is 10.6 Å². The van der Waals surface area contributed by atoms with E-state index >= 15 is 0 Å². The van der Waals surface area contributed by atoms with E-state index in [2.05, 4.69) is 25.9 Å². The molecule has 4 aromatic rings. The van der Waals surface area contributed by atoms with Crippen LogP contribution in [0.15, 0.2) is 55.0 Å². The molecule has 10 heteroatoms. The Morgan fingerprint density at radius 2 is 1.75 bits per heavy atom. The zero-order valence-electron chi connectivity index (χ0n) is 14.0. The van der Waals surface area contributed by atoms with Crippen LogP contribution in [-0.2, 0) is 0 Å². The summed E-state index contributed by atoms with van der Waals surface area (Å²) in [6, 6.07) is 11.7. The van der Waals surface area contributed by atoms with Gasteiger partial charge in [0.15, 0.2) is 11.5 Å². The third-order valence-electron chi connectivity index (χ3n) is 3.91. The van der Waals surface area contributed by atoms with Crippen LogP contribution in [0, 0.1) is 0 Å². The van der Waals surface area contributed by atoms with Gasteiger partial charge in [-0.2, -0.15) is 5.10 Å². The van der Waals surface area contributed by atoms with Crippen LogP contribution in [-0.4, -0.2) is 25.7 Å². The van der Waals surface area contributed by atoms with Gasteiger partial charge in [0.1, 0.15) is 6.33 Å². The lowest BCUT2D eigenvalue weighted by Crippen LogP contribution is -2.29. The topological polar surface area (TPSA) is 84.7 Å². The quantitative estimate of drug-likeness (QED) is 0.462. The molecule has 0 atom stereocenters. The van der Waals surface area contributed by atoms with Crippen LogP contribution in [0.25, 0.3) is 16.7 Å². The molecule has 140 valence electrons. The van der Waals surface area contributed by atoms with Crippen LogP contribution >= 0.6 is 34.8 Å². The van der Waals surface area contributed by atoms with E-state index < -0.39 is 0 Å². The van der Waals surface area contributed by atoms with Crippen molar-refractivity contribution in [1.29, 1.82) is 0 Å². The number of rotatable bonds is 4. The predicted octanol–water partition coefficient (Wildman–Crippen LogP) is 4.53. The number of nitrogens with zero attached hydrogens (tertiary/aromatic N) is 4. The lowest BCUT2D eigenvalue weighted by atomic mass is 10.2. The third-order valence-corrected chi connectivity index (χ3v) is 4.91. The summed E-state index contributed by atoms with van der Waals surface area (Å²) in [5.74, 6) is 0.0685. The van der Waals surface area contributed by atoms with Crippen molar-refractivity contribution >= 4 is 57.6 Å². The fourth-order valence-electron chi connectivity index (χ4n) is 2.54. The number of carbonyl (C=O) groups excluding carboxylic acids is 1. The predicted molar refractivity (Wildman–Crippen MR) is 109 cm³/mol. The molecule has 0 spiro atoms. The second-order valence-electron chi connectivity index (χ2n) is 5.70. The number of carbonyl (C=O) groups is 1. The van der Waals surface area contributed by atoms with Gasteiger partial charge in [-0.05, 0) is 42.5 Å². The molecular formula is C18H11Cl3N6O. The van der Waals surface area contributed by atoms with Crippen molar-refractivity contribution in [3.8, 4) is 5.69 Å². The minimum absolute atomic E-state index is 0.333. The maximum Gasteiger partial charge on any atom is 0.269 e. The number of aromatic nitrogens is 4. The SMILES string of the molecule is O=C(NNc1ncnc2c1cnn2-c1ccc(Cl)c(Cl)c1)c1ccc(Cl)cc1. The molecule has 2 aromatic heterocycles. The molecule has 0 fully saturated rings. The van der Waals surface area contributed by atoms with Crippen molar-refractivity contribution in [3.63, 3.8) is 0 Å². The summed E-state index contributed by atoms with van der Waals surface area (Å²) in [5, 5.41) is 6.36. The highest BCUT2D eigenvalue weighted by Crippen LogP contribution is 2.27. The van der Waals surface area contributed by atoms with E-state index in [1.165, 1.54) is 6.33 Å². The summed E-state index contributed by atoms with van der Waals surface area (Å²) >= 11 is 17.9. The fraction of sp³-hybridized carbons (Fsp3) is 0. The maximum absolute atomic E-state index is 12.3. The molecular weight excluding hydrogens is 423 g/mol. The largest absolute Gasteiger partial charge is 0.281 e. The van der Waals surface area contributed by atoms with Gasteiger partial charge in [0.2, 0.25) is 0 Å². The van der Waals surface area contributed by atoms with Crippen LogP contribution in [0.5, 0.6) is 0 Å². The van der Waals surface area contributed by atoms with Crippen molar-refractivity contribution in [2.45, 2.75) is 0 Å². The molecule has 7 nitrogen and oxygen atoms in total. The zero-order chi connectivity index (χ0) is 19.7. The summed E-state index contributed by atoms with van der Waals surface area (Å²) in [4.78, 5) is 20.7. The van der Waals surface area contributed by atoms with Crippen LogP contribution in [0.2, 0.25) is 15.1 Å². The number of halogens is 3. The maximum atomic E-state index is 12.3. The molecule has 1 amide bonds.